The molecule has 12 heteroatoms. The average Bonchev–Trinajstić information content (AvgIpc) is 3.20. The number of halogens is 2. The van der Waals surface area contributed by atoms with Crippen LogP contribution in [0.25, 0.3) is 5.69 Å². The predicted octanol–water partition coefficient (Wildman–Crippen LogP) is 3.10. The monoisotopic (exact) mass is 454 g/mol. The molecule has 0 saturated carbocycles. The van der Waals surface area contributed by atoms with Crippen LogP contribution in [0, 0.1) is 5.82 Å². The Labute approximate surface area is 176 Å². The van der Waals surface area contributed by atoms with Gasteiger partial charge >= 0.3 is 5.97 Å². The molecule has 0 radical (unpaired) electrons. The van der Waals surface area contributed by atoms with E-state index in [4.69, 9.17) is 21.4 Å². The van der Waals surface area contributed by atoms with Gasteiger partial charge in [-0.15, -0.1) is 0 Å². The van der Waals surface area contributed by atoms with Crippen molar-refractivity contribution in [2.45, 2.75) is 17.7 Å². The number of rotatable bonds is 9. The number of aliphatic carboxylic acids is 1. The van der Waals surface area contributed by atoms with Crippen LogP contribution in [0.15, 0.2) is 53.9 Å². The molecule has 0 bridgehead atoms. The molecule has 30 heavy (non-hydrogen) atoms. The number of carbonyl (C=O) groups is 1. The molecular formula is C18H16ClFN4O5S. The van der Waals surface area contributed by atoms with E-state index in [-0.39, 0.29) is 46.5 Å². The molecule has 2 N–H and O–H groups in total. The minimum atomic E-state index is -4.04. The predicted molar refractivity (Wildman–Crippen MR) is 106 cm³/mol. The van der Waals surface area contributed by atoms with Gasteiger partial charge in [-0.05, 0) is 36.8 Å². The lowest BCUT2D eigenvalue weighted by Crippen LogP contribution is -2.13. The lowest BCUT2D eigenvalue weighted by Gasteiger charge is -2.12. The largest absolute Gasteiger partial charge is 0.492 e. The zero-order valence-corrected chi connectivity index (χ0v) is 16.9. The Morgan fingerprint density at radius 2 is 2.07 bits per heavy atom. The van der Waals surface area contributed by atoms with E-state index >= 15 is 0 Å². The maximum Gasteiger partial charge on any atom is 0.303 e. The first-order chi connectivity index (χ1) is 14.3. The number of carboxylic acid groups (broad SMARTS) is 1. The van der Waals surface area contributed by atoms with Gasteiger partial charge in [-0.2, -0.15) is 5.10 Å². The van der Waals surface area contributed by atoms with Gasteiger partial charge < -0.3 is 9.84 Å². The van der Waals surface area contributed by atoms with Crippen LogP contribution in [0.2, 0.25) is 5.02 Å². The molecule has 0 spiro atoms. The molecule has 9 nitrogen and oxygen atoms in total. The van der Waals surface area contributed by atoms with Gasteiger partial charge in [0.05, 0.1) is 22.2 Å². The van der Waals surface area contributed by atoms with E-state index in [0.717, 1.165) is 6.07 Å². The molecule has 3 rings (SSSR count). The van der Waals surface area contributed by atoms with E-state index in [1.54, 1.807) is 0 Å². The van der Waals surface area contributed by atoms with Crippen molar-refractivity contribution < 1.29 is 27.4 Å². The van der Waals surface area contributed by atoms with Crippen molar-refractivity contribution in [2.24, 2.45) is 0 Å². The molecule has 3 aromatic rings. The quantitative estimate of drug-likeness (QED) is 0.476. The molecule has 2 aromatic carbocycles. The third-order valence-electron chi connectivity index (χ3n) is 3.87. The molecule has 0 fully saturated rings. The van der Waals surface area contributed by atoms with Gasteiger partial charge in [-0.3, -0.25) is 9.52 Å². The van der Waals surface area contributed by atoms with Crippen LogP contribution in [0.4, 0.5) is 10.1 Å². The minimum Gasteiger partial charge on any atom is -0.492 e. The SMILES string of the molecule is O=C(O)CCCOc1ccc(S(=O)(=O)Nc2ccc(-n3cncn3)c(F)c2)cc1Cl. The first-order valence-corrected chi connectivity index (χ1v) is 10.4. The van der Waals surface area contributed by atoms with Crippen molar-refractivity contribution in [2.75, 3.05) is 11.3 Å². The van der Waals surface area contributed by atoms with Gasteiger partial charge in [0.2, 0.25) is 0 Å². The normalized spacial score (nSPS) is 11.3. The highest BCUT2D eigenvalue weighted by Crippen LogP contribution is 2.29. The molecule has 0 atom stereocenters. The topological polar surface area (TPSA) is 123 Å². The number of carboxylic acids is 1. The lowest BCUT2D eigenvalue weighted by atomic mass is 10.3. The van der Waals surface area contributed by atoms with E-state index in [0.29, 0.717) is 0 Å². The van der Waals surface area contributed by atoms with Crippen molar-refractivity contribution in [3.63, 3.8) is 0 Å². The van der Waals surface area contributed by atoms with E-state index in [1.807, 2.05) is 0 Å². The number of nitrogens with zero attached hydrogens (tertiary/aromatic N) is 3. The summed E-state index contributed by atoms with van der Waals surface area (Å²) in [6.07, 6.45) is 2.79. The van der Waals surface area contributed by atoms with E-state index < -0.39 is 21.8 Å². The number of hydrogen-bond donors (Lipinski definition) is 2. The number of aromatic nitrogens is 3. The second-order valence-electron chi connectivity index (χ2n) is 6.05. The molecule has 0 aliphatic rings. The molecule has 1 aromatic heterocycles. The van der Waals surface area contributed by atoms with Crippen molar-refractivity contribution in [3.05, 3.63) is 59.9 Å². The highest BCUT2D eigenvalue weighted by Gasteiger charge is 2.18. The second-order valence-corrected chi connectivity index (χ2v) is 8.14. The Hall–Kier alpha value is -3.18. The van der Waals surface area contributed by atoms with Gasteiger partial charge in [0.15, 0.2) is 5.82 Å². The van der Waals surface area contributed by atoms with Gasteiger partial charge in [-0.1, -0.05) is 11.6 Å². The Kier molecular flexibility index (Phi) is 6.53. The molecule has 0 aliphatic carbocycles. The minimum absolute atomic E-state index is 0.0153. The summed E-state index contributed by atoms with van der Waals surface area (Å²) in [6.45, 7) is 0.119. The standard InChI is InChI=1S/C18H16ClFN4O5S/c19-14-9-13(4-6-17(14)29-7-1-2-18(25)26)30(27,28)23-12-3-5-16(15(20)8-12)24-11-21-10-22-24/h3-6,8-11,23H,1-2,7H2,(H,25,26). The summed E-state index contributed by atoms with van der Waals surface area (Å²) < 4.78 is 48.4. The van der Waals surface area contributed by atoms with E-state index in [2.05, 4.69) is 14.8 Å². The third kappa shape index (κ3) is 5.24. The fourth-order valence-corrected chi connectivity index (χ4v) is 3.85. The van der Waals surface area contributed by atoms with Gasteiger partial charge in [0, 0.05) is 12.5 Å². The molecule has 0 amide bonds. The molecule has 1 heterocycles. The maximum atomic E-state index is 14.3. The summed E-state index contributed by atoms with van der Waals surface area (Å²) in [4.78, 5) is 14.1. The number of benzene rings is 2. The molecule has 0 unspecified atom stereocenters. The van der Waals surface area contributed by atoms with Gasteiger partial charge in [0.1, 0.15) is 24.1 Å². The molecule has 158 valence electrons. The van der Waals surface area contributed by atoms with Gasteiger partial charge in [-0.25, -0.2) is 22.5 Å². The second kappa shape index (κ2) is 9.09. The van der Waals surface area contributed by atoms with Crippen LogP contribution in [0.5, 0.6) is 5.75 Å². The molecule has 0 saturated heterocycles. The summed E-state index contributed by atoms with van der Waals surface area (Å²) in [5.74, 6) is -1.41. The first kappa shape index (κ1) is 21.5. The maximum absolute atomic E-state index is 14.3. The number of hydrogen-bond acceptors (Lipinski definition) is 6. The lowest BCUT2D eigenvalue weighted by molar-refractivity contribution is -0.137. The smallest absolute Gasteiger partial charge is 0.303 e. The fraction of sp³-hybridized carbons (Fsp3) is 0.167. The fourth-order valence-electron chi connectivity index (χ4n) is 2.47. The first-order valence-electron chi connectivity index (χ1n) is 8.58. The molecule has 0 aliphatic heterocycles. The number of nitrogens with one attached hydrogen (secondary N) is 1. The van der Waals surface area contributed by atoms with Crippen molar-refractivity contribution in [1.82, 2.24) is 14.8 Å². The van der Waals surface area contributed by atoms with E-state index in [1.165, 1.54) is 47.7 Å². The number of sulfonamides is 1. The number of ether oxygens (including phenoxy) is 1. The van der Waals surface area contributed by atoms with E-state index in [9.17, 15) is 17.6 Å². The summed E-state index contributed by atoms with van der Waals surface area (Å²) >= 11 is 6.07. The Balaban J connectivity index is 1.72. The van der Waals surface area contributed by atoms with Crippen LogP contribution in [0.3, 0.4) is 0 Å². The summed E-state index contributed by atoms with van der Waals surface area (Å²) in [6, 6.07) is 7.61. The van der Waals surface area contributed by atoms with Crippen molar-refractivity contribution >= 4 is 33.3 Å². The highest BCUT2D eigenvalue weighted by atomic mass is 35.5. The highest BCUT2D eigenvalue weighted by molar-refractivity contribution is 7.92. The summed E-state index contributed by atoms with van der Waals surface area (Å²) in [5.41, 5.74) is 0.129. The zero-order valence-electron chi connectivity index (χ0n) is 15.3. The average molecular weight is 455 g/mol. The van der Waals surface area contributed by atoms with Crippen molar-refractivity contribution in [3.8, 4) is 11.4 Å². The Bertz CT molecular complexity index is 1160. The number of anilines is 1. The summed E-state index contributed by atoms with van der Waals surface area (Å²) in [5, 5.41) is 12.5. The Morgan fingerprint density at radius 1 is 1.27 bits per heavy atom. The van der Waals surface area contributed by atoms with Crippen LogP contribution < -0.4 is 9.46 Å². The molecular weight excluding hydrogens is 439 g/mol. The zero-order chi connectivity index (χ0) is 21.7. The Morgan fingerprint density at radius 3 is 2.70 bits per heavy atom. The third-order valence-corrected chi connectivity index (χ3v) is 5.55. The van der Waals surface area contributed by atoms with Crippen LogP contribution in [-0.2, 0) is 14.8 Å². The van der Waals surface area contributed by atoms with Crippen LogP contribution in [-0.4, -0.2) is 40.9 Å². The van der Waals surface area contributed by atoms with Gasteiger partial charge in [0.25, 0.3) is 10.0 Å². The van der Waals surface area contributed by atoms with Crippen molar-refractivity contribution in [1.29, 1.82) is 0 Å². The van der Waals surface area contributed by atoms with Crippen LogP contribution in [0.1, 0.15) is 12.8 Å². The summed E-state index contributed by atoms with van der Waals surface area (Å²) in [7, 11) is -4.04. The van der Waals surface area contributed by atoms with Crippen LogP contribution >= 0.6 is 11.6 Å².